The number of carbonyl (C=O) groups is 2. The lowest BCUT2D eigenvalue weighted by molar-refractivity contribution is -0.143. The van der Waals surface area contributed by atoms with Crippen LogP contribution in [0.15, 0.2) is 12.1 Å². The van der Waals surface area contributed by atoms with Crippen molar-refractivity contribution < 1.29 is 23.8 Å². The molecule has 5 heteroatoms. The second-order valence-corrected chi connectivity index (χ2v) is 7.78. The van der Waals surface area contributed by atoms with E-state index < -0.39 is 10.8 Å². The van der Waals surface area contributed by atoms with Gasteiger partial charge in [0.05, 0.1) is 17.4 Å². The molecule has 0 atom stereocenters. The van der Waals surface area contributed by atoms with Crippen LogP contribution in [0.2, 0.25) is 0 Å². The first kappa shape index (κ1) is 17.3. The summed E-state index contributed by atoms with van der Waals surface area (Å²) in [6.07, 6.45) is 0.662. The number of carbonyl (C=O) groups excluding carboxylic acids is 2. The minimum atomic E-state index is -0.623. The molecule has 0 radical (unpaired) electrons. The molecule has 1 aromatic carbocycles. The van der Waals surface area contributed by atoms with Crippen LogP contribution in [-0.4, -0.2) is 18.5 Å². The predicted molar refractivity (Wildman–Crippen MR) is 85.8 cm³/mol. The summed E-state index contributed by atoms with van der Waals surface area (Å²) in [7, 11) is 0. The molecule has 0 aliphatic carbocycles. The van der Waals surface area contributed by atoms with Crippen LogP contribution in [0.3, 0.4) is 0 Å². The molecule has 0 fully saturated rings. The normalized spacial score (nSPS) is 14.0. The van der Waals surface area contributed by atoms with Gasteiger partial charge in [-0.1, -0.05) is 0 Å². The number of hydrogen-bond acceptors (Lipinski definition) is 5. The lowest BCUT2D eigenvalue weighted by Crippen LogP contribution is -2.26. The first-order valence-electron chi connectivity index (χ1n) is 7.73. The Morgan fingerprint density at radius 1 is 0.957 bits per heavy atom. The van der Waals surface area contributed by atoms with E-state index in [1.807, 2.05) is 0 Å². The highest BCUT2D eigenvalue weighted by Crippen LogP contribution is 2.39. The second kappa shape index (κ2) is 5.87. The van der Waals surface area contributed by atoms with Gasteiger partial charge in [-0.2, -0.15) is 0 Å². The SMILES string of the molecule is CC(C)(C)C(=O)Oc1cc2c(c(OC(=O)C(C)(C)C)c1)CCO2. The van der Waals surface area contributed by atoms with Crippen molar-refractivity contribution in [1.29, 1.82) is 0 Å². The largest absolute Gasteiger partial charge is 0.493 e. The van der Waals surface area contributed by atoms with Gasteiger partial charge in [0.1, 0.15) is 17.2 Å². The van der Waals surface area contributed by atoms with Crippen molar-refractivity contribution in [3.8, 4) is 17.2 Å². The van der Waals surface area contributed by atoms with Gasteiger partial charge in [-0.25, -0.2) is 0 Å². The predicted octanol–water partition coefficient (Wildman–Crippen LogP) is 3.52. The Kier molecular flexibility index (Phi) is 4.42. The molecule has 0 saturated heterocycles. The summed E-state index contributed by atoms with van der Waals surface area (Å²) >= 11 is 0. The van der Waals surface area contributed by atoms with Gasteiger partial charge in [-0.3, -0.25) is 9.59 Å². The van der Waals surface area contributed by atoms with Gasteiger partial charge < -0.3 is 14.2 Å². The Labute approximate surface area is 136 Å². The molecule has 0 spiro atoms. The van der Waals surface area contributed by atoms with Crippen LogP contribution in [0.5, 0.6) is 17.2 Å². The first-order valence-corrected chi connectivity index (χ1v) is 7.73. The highest BCUT2D eigenvalue weighted by Gasteiger charge is 2.29. The van der Waals surface area contributed by atoms with Crippen molar-refractivity contribution in [2.45, 2.75) is 48.0 Å². The van der Waals surface area contributed by atoms with Crippen LogP contribution in [0.25, 0.3) is 0 Å². The number of fused-ring (bicyclic) bond motifs is 1. The summed E-state index contributed by atoms with van der Waals surface area (Å²) in [5.74, 6) is 0.620. The van der Waals surface area contributed by atoms with Gasteiger partial charge in [0.25, 0.3) is 0 Å². The van der Waals surface area contributed by atoms with Crippen molar-refractivity contribution >= 4 is 11.9 Å². The fourth-order valence-corrected chi connectivity index (χ4v) is 1.90. The number of benzene rings is 1. The summed E-state index contributed by atoms with van der Waals surface area (Å²) in [5, 5.41) is 0. The van der Waals surface area contributed by atoms with E-state index in [4.69, 9.17) is 14.2 Å². The molecule has 0 N–H and O–H groups in total. The molecular weight excluding hydrogens is 296 g/mol. The maximum atomic E-state index is 12.2. The molecule has 126 valence electrons. The molecule has 0 saturated carbocycles. The van der Waals surface area contributed by atoms with Crippen LogP contribution >= 0.6 is 0 Å². The number of rotatable bonds is 2. The third-order valence-electron chi connectivity index (χ3n) is 3.39. The second-order valence-electron chi connectivity index (χ2n) is 7.78. The molecule has 0 bridgehead atoms. The molecule has 1 aliphatic rings. The van der Waals surface area contributed by atoms with Crippen LogP contribution in [0, 0.1) is 10.8 Å². The molecule has 1 heterocycles. The summed E-state index contributed by atoms with van der Waals surface area (Å²) in [4.78, 5) is 24.2. The maximum absolute atomic E-state index is 12.2. The van der Waals surface area contributed by atoms with Gasteiger partial charge >= 0.3 is 11.9 Å². The number of ether oxygens (including phenoxy) is 3. The van der Waals surface area contributed by atoms with Gasteiger partial charge in [0, 0.05) is 24.1 Å². The van der Waals surface area contributed by atoms with Crippen LogP contribution in [0.1, 0.15) is 47.1 Å². The van der Waals surface area contributed by atoms with E-state index in [0.717, 1.165) is 5.56 Å². The third kappa shape index (κ3) is 4.03. The molecule has 0 aromatic heterocycles. The topological polar surface area (TPSA) is 61.8 Å². The Bertz CT molecular complexity index is 632. The maximum Gasteiger partial charge on any atom is 0.316 e. The molecule has 1 aromatic rings. The zero-order chi connectivity index (χ0) is 17.4. The van der Waals surface area contributed by atoms with Gasteiger partial charge in [-0.15, -0.1) is 0 Å². The van der Waals surface area contributed by atoms with E-state index >= 15 is 0 Å². The number of esters is 2. The minimum Gasteiger partial charge on any atom is -0.493 e. The van der Waals surface area contributed by atoms with E-state index in [0.29, 0.717) is 30.3 Å². The molecule has 23 heavy (non-hydrogen) atoms. The molecule has 0 amide bonds. The van der Waals surface area contributed by atoms with Gasteiger partial charge in [-0.05, 0) is 41.5 Å². The quantitative estimate of drug-likeness (QED) is 0.616. The lowest BCUT2D eigenvalue weighted by Gasteiger charge is -2.19. The van der Waals surface area contributed by atoms with E-state index in [-0.39, 0.29) is 11.9 Å². The average molecular weight is 320 g/mol. The monoisotopic (exact) mass is 320 g/mol. The van der Waals surface area contributed by atoms with Crippen molar-refractivity contribution in [3.05, 3.63) is 17.7 Å². The first-order chi connectivity index (χ1) is 10.5. The highest BCUT2D eigenvalue weighted by molar-refractivity contribution is 5.80. The van der Waals surface area contributed by atoms with E-state index in [2.05, 4.69) is 0 Å². The molecule has 5 nitrogen and oxygen atoms in total. The smallest absolute Gasteiger partial charge is 0.316 e. The Hall–Kier alpha value is -2.04. The van der Waals surface area contributed by atoms with Crippen molar-refractivity contribution in [2.24, 2.45) is 10.8 Å². The number of hydrogen-bond donors (Lipinski definition) is 0. The van der Waals surface area contributed by atoms with Gasteiger partial charge in [0.15, 0.2) is 0 Å². The molecular formula is C18H24O5. The fourth-order valence-electron chi connectivity index (χ4n) is 1.90. The van der Waals surface area contributed by atoms with Crippen LogP contribution in [0.4, 0.5) is 0 Å². The standard InChI is InChI=1S/C18H24O5/c1-17(2,3)15(19)22-11-9-13-12(7-8-21-13)14(10-11)23-16(20)18(4,5)6/h9-10H,7-8H2,1-6H3. The van der Waals surface area contributed by atoms with Crippen LogP contribution in [-0.2, 0) is 16.0 Å². The zero-order valence-electron chi connectivity index (χ0n) is 14.6. The van der Waals surface area contributed by atoms with Crippen molar-refractivity contribution in [3.63, 3.8) is 0 Å². The molecule has 1 aliphatic heterocycles. The Morgan fingerprint density at radius 2 is 1.52 bits per heavy atom. The lowest BCUT2D eigenvalue weighted by atomic mass is 9.97. The Morgan fingerprint density at radius 3 is 2.09 bits per heavy atom. The highest BCUT2D eigenvalue weighted by atomic mass is 16.6. The zero-order valence-corrected chi connectivity index (χ0v) is 14.6. The van der Waals surface area contributed by atoms with Gasteiger partial charge in [0.2, 0.25) is 0 Å². The van der Waals surface area contributed by atoms with E-state index in [1.54, 1.807) is 53.7 Å². The Balaban J connectivity index is 2.32. The van der Waals surface area contributed by atoms with Crippen molar-refractivity contribution in [2.75, 3.05) is 6.61 Å². The summed E-state index contributed by atoms with van der Waals surface area (Å²) < 4.78 is 16.5. The molecule has 2 rings (SSSR count). The van der Waals surface area contributed by atoms with Crippen molar-refractivity contribution in [1.82, 2.24) is 0 Å². The summed E-state index contributed by atoms with van der Waals surface area (Å²) in [6.45, 7) is 11.2. The fraction of sp³-hybridized carbons (Fsp3) is 0.556. The minimum absolute atomic E-state index is 0.322. The average Bonchev–Trinajstić information content (AvgIpc) is 2.84. The van der Waals surface area contributed by atoms with E-state index in [1.165, 1.54) is 0 Å². The van der Waals surface area contributed by atoms with E-state index in [9.17, 15) is 9.59 Å². The third-order valence-corrected chi connectivity index (χ3v) is 3.39. The van der Waals surface area contributed by atoms with Crippen LogP contribution < -0.4 is 14.2 Å². The molecule has 0 unspecified atom stereocenters. The summed E-state index contributed by atoms with van der Waals surface area (Å²) in [6, 6.07) is 3.25. The summed E-state index contributed by atoms with van der Waals surface area (Å²) in [5.41, 5.74) is -0.412.